The lowest BCUT2D eigenvalue weighted by atomic mass is 10.2. The molecule has 0 spiro atoms. The van der Waals surface area contributed by atoms with Crippen molar-refractivity contribution in [3.63, 3.8) is 0 Å². The predicted octanol–water partition coefficient (Wildman–Crippen LogP) is 3.20. The van der Waals surface area contributed by atoms with E-state index in [2.05, 4.69) is 13.5 Å². The summed E-state index contributed by atoms with van der Waals surface area (Å²) in [7, 11) is 0. The van der Waals surface area contributed by atoms with Crippen LogP contribution in [0.25, 0.3) is 0 Å². The largest absolute Gasteiger partial charge is 0.427 e. The van der Waals surface area contributed by atoms with Crippen LogP contribution in [0.15, 0.2) is 24.5 Å². The molecule has 0 aliphatic carbocycles. The average molecular weight is 182 g/mol. The summed E-state index contributed by atoms with van der Waals surface area (Å²) >= 11 is 0. The number of hydrogen-bond donors (Lipinski definition) is 0. The summed E-state index contributed by atoms with van der Waals surface area (Å²) in [5.74, 6) is 0.283. The molecule has 0 atom stereocenters. The molecule has 0 aromatic rings. The van der Waals surface area contributed by atoms with Gasteiger partial charge in [-0.3, -0.25) is 4.79 Å². The van der Waals surface area contributed by atoms with Crippen LogP contribution in [0.3, 0.4) is 0 Å². The summed E-state index contributed by atoms with van der Waals surface area (Å²) in [6, 6.07) is 0. The smallest absolute Gasteiger partial charge is 0.308 e. The Labute approximate surface area is 80.3 Å². The van der Waals surface area contributed by atoms with Gasteiger partial charge >= 0.3 is 5.97 Å². The Hall–Kier alpha value is -1.05. The first kappa shape index (κ1) is 11.9. The summed E-state index contributed by atoms with van der Waals surface area (Å²) in [6.45, 7) is 7.12. The monoisotopic (exact) mass is 182 g/mol. The molecule has 0 radical (unpaired) electrons. The number of carbonyl (C=O) groups is 1. The van der Waals surface area contributed by atoms with Crippen molar-refractivity contribution in [1.82, 2.24) is 0 Å². The molecule has 74 valence electrons. The first-order chi connectivity index (χ1) is 6.20. The lowest BCUT2D eigenvalue weighted by Gasteiger charge is -2.00. The molecule has 0 saturated carbocycles. The molecule has 0 aliphatic rings. The van der Waals surface area contributed by atoms with Crippen molar-refractivity contribution < 1.29 is 9.53 Å². The Kier molecular flexibility index (Phi) is 6.98. The second kappa shape index (κ2) is 7.59. The second-order valence-electron chi connectivity index (χ2n) is 2.90. The molecule has 13 heavy (non-hydrogen) atoms. The van der Waals surface area contributed by atoms with Crippen LogP contribution in [0.4, 0.5) is 0 Å². The second-order valence-corrected chi connectivity index (χ2v) is 2.90. The van der Waals surface area contributed by atoms with Crippen molar-refractivity contribution in [2.45, 2.75) is 39.5 Å². The van der Waals surface area contributed by atoms with Gasteiger partial charge in [0.25, 0.3) is 0 Å². The minimum atomic E-state index is -0.290. The Bertz CT molecular complexity index is 192. The van der Waals surface area contributed by atoms with Gasteiger partial charge in [-0.2, -0.15) is 0 Å². The van der Waals surface area contributed by atoms with Gasteiger partial charge in [-0.05, 0) is 25.0 Å². The third-order valence-electron chi connectivity index (χ3n) is 1.62. The fourth-order valence-corrected chi connectivity index (χ4v) is 0.971. The zero-order valence-electron chi connectivity index (χ0n) is 8.51. The molecule has 0 saturated heterocycles. The summed E-state index contributed by atoms with van der Waals surface area (Å²) in [4.78, 5) is 10.6. The normalized spacial score (nSPS) is 11.1. The minimum absolute atomic E-state index is 0.290. The topological polar surface area (TPSA) is 26.3 Å². The van der Waals surface area contributed by atoms with Gasteiger partial charge in [0.2, 0.25) is 0 Å². The van der Waals surface area contributed by atoms with Gasteiger partial charge in [-0.25, -0.2) is 0 Å². The van der Waals surface area contributed by atoms with Crippen LogP contribution in [0.5, 0.6) is 0 Å². The summed E-state index contributed by atoms with van der Waals surface area (Å²) in [6.07, 6.45) is 7.96. The first-order valence-corrected chi connectivity index (χ1v) is 4.71. The Morgan fingerprint density at radius 2 is 2.15 bits per heavy atom. The van der Waals surface area contributed by atoms with Gasteiger partial charge in [0.05, 0.1) is 0 Å². The van der Waals surface area contributed by atoms with Gasteiger partial charge in [-0.15, -0.1) is 0 Å². The Morgan fingerprint density at radius 1 is 1.46 bits per heavy atom. The molecule has 2 nitrogen and oxygen atoms in total. The molecule has 0 rings (SSSR count). The maximum atomic E-state index is 10.6. The minimum Gasteiger partial charge on any atom is -0.427 e. The number of esters is 1. The zero-order valence-corrected chi connectivity index (χ0v) is 8.51. The van der Waals surface area contributed by atoms with Crippen LogP contribution in [0.2, 0.25) is 0 Å². The highest BCUT2D eigenvalue weighted by Gasteiger charge is 1.95. The summed E-state index contributed by atoms with van der Waals surface area (Å²) < 4.78 is 4.88. The third kappa shape index (κ3) is 7.32. The number of unbranched alkanes of at least 4 members (excludes halogenated alkanes) is 3. The number of ether oxygens (including phenoxy) is 1. The highest BCUT2D eigenvalue weighted by atomic mass is 16.5. The number of allylic oxidation sites excluding steroid dienone is 2. The van der Waals surface area contributed by atoms with Crippen molar-refractivity contribution in [2.24, 2.45) is 0 Å². The molecule has 0 unspecified atom stereocenters. The van der Waals surface area contributed by atoms with Crippen molar-refractivity contribution in [2.75, 3.05) is 0 Å². The van der Waals surface area contributed by atoms with E-state index < -0.39 is 0 Å². The van der Waals surface area contributed by atoms with Gasteiger partial charge in [0, 0.05) is 6.92 Å². The molecule has 0 fully saturated rings. The van der Waals surface area contributed by atoms with Crippen molar-refractivity contribution >= 4 is 5.97 Å². The van der Waals surface area contributed by atoms with E-state index in [1.807, 2.05) is 6.08 Å². The lowest BCUT2D eigenvalue weighted by molar-refractivity contribution is -0.136. The Morgan fingerprint density at radius 3 is 2.62 bits per heavy atom. The predicted molar refractivity (Wildman–Crippen MR) is 54.2 cm³/mol. The maximum Gasteiger partial charge on any atom is 0.308 e. The molecule has 0 bridgehead atoms. The molecular weight excluding hydrogens is 164 g/mol. The van der Waals surface area contributed by atoms with E-state index in [9.17, 15) is 4.79 Å². The first-order valence-electron chi connectivity index (χ1n) is 4.71. The molecule has 0 aromatic carbocycles. The number of carbonyl (C=O) groups excluding carboxylic acids is 1. The van der Waals surface area contributed by atoms with Crippen LogP contribution in [0, 0.1) is 0 Å². The third-order valence-corrected chi connectivity index (χ3v) is 1.62. The molecule has 0 aliphatic heterocycles. The summed E-state index contributed by atoms with van der Waals surface area (Å²) in [5.41, 5.74) is 0. The van der Waals surface area contributed by atoms with Gasteiger partial charge in [0.15, 0.2) is 0 Å². The molecular formula is C11H18O2. The fraction of sp³-hybridized carbons (Fsp3) is 0.545. The molecule has 0 N–H and O–H groups in total. The van der Waals surface area contributed by atoms with Crippen LogP contribution in [0.1, 0.15) is 39.5 Å². The standard InChI is InChI=1S/C11H18O2/c1-4-6-7-8-9-11(5-2)13-10(3)12/h5,9H,2,4,6-8H2,1,3H3. The number of rotatable bonds is 6. The van der Waals surface area contributed by atoms with E-state index in [0.29, 0.717) is 5.76 Å². The van der Waals surface area contributed by atoms with Crippen molar-refractivity contribution in [3.05, 3.63) is 24.5 Å². The van der Waals surface area contributed by atoms with E-state index in [1.54, 1.807) is 6.08 Å². The van der Waals surface area contributed by atoms with E-state index in [4.69, 9.17) is 4.74 Å². The van der Waals surface area contributed by atoms with Gasteiger partial charge in [0.1, 0.15) is 5.76 Å². The molecule has 0 aromatic heterocycles. The van der Waals surface area contributed by atoms with E-state index >= 15 is 0 Å². The van der Waals surface area contributed by atoms with Crippen LogP contribution < -0.4 is 0 Å². The van der Waals surface area contributed by atoms with E-state index in [0.717, 1.165) is 12.8 Å². The Balaban J connectivity index is 3.78. The van der Waals surface area contributed by atoms with Crippen LogP contribution in [-0.2, 0) is 9.53 Å². The SMILES string of the molecule is C=CC(=CCCCCC)OC(C)=O. The van der Waals surface area contributed by atoms with Crippen molar-refractivity contribution in [1.29, 1.82) is 0 Å². The van der Waals surface area contributed by atoms with Crippen LogP contribution >= 0.6 is 0 Å². The fourth-order valence-electron chi connectivity index (χ4n) is 0.971. The number of hydrogen-bond acceptors (Lipinski definition) is 2. The van der Waals surface area contributed by atoms with Gasteiger partial charge in [-0.1, -0.05) is 26.3 Å². The van der Waals surface area contributed by atoms with E-state index in [-0.39, 0.29) is 5.97 Å². The quantitative estimate of drug-likeness (QED) is 0.273. The van der Waals surface area contributed by atoms with Gasteiger partial charge < -0.3 is 4.74 Å². The average Bonchev–Trinajstić information content (AvgIpc) is 2.09. The molecule has 2 heteroatoms. The maximum absolute atomic E-state index is 10.6. The molecule has 0 amide bonds. The molecule has 0 heterocycles. The highest BCUT2D eigenvalue weighted by molar-refractivity contribution is 5.67. The van der Waals surface area contributed by atoms with E-state index in [1.165, 1.54) is 19.8 Å². The summed E-state index contributed by atoms with van der Waals surface area (Å²) in [5, 5.41) is 0. The van der Waals surface area contributed by atoms with Crippen molar-refractivity contribution in [3.8, 4) is 0 Å². The zero-order chi connectivity index (χ0) is 10.1. The highest BCUT2D eigenvalue weighted by Crippen LogP contribution is 2.05. The lowest BCUT2D eigenvalue weighted by Crippen LogP contribution is -1.96. The van der Waals surface area contributed by atoms with Crippen LogP contribution in [-0.4, -0.2) is 5.97 Å².